The fourth-order valence-corrected chi connectivity index (χ4v) is 2.16. The number of carbonyl (C=O) groups is 2. The Morgan fingerprint density at radius 2 is 1.88 bits per heavy atom. The number of aliphatic hydroxyl groups is 1. The lowest BCUT2D eigenvalue weighted by atomic mass is 9.77. The minimum absolute atomic E-state index is 0.116. The summed E-state index contributed by atoms with van der Waals surface area (Å²) in [4.78, 5) is 22.5. The highest BCUT2D eigenvalue weighted by atomic mass is 16.4. The number of ketones is 1. The Morgan fingerprint density at radius 3 is 2.47 bits per heavy atom. The van der Waals surface area contributed by atoms with E-state index in [0.29, 0.717) is 0 Å². The Morgan fingerprint density at radius 1 is 1.24 bits per heavy atom. The molecular weight excluding hydrogens is 220 g/mol. The number of aliphatic carboxylic acids is 1. The van der Waals surface area contributed by atoms with Crippen molar-refractivity contribution in [3.05, 3.63) is 47.7 Å². The highest BCUT2D eigenvalue weighted by molar-refractivity contribution is 5.94. The van der Waals surface area contributed by atoms with Crippen molar-refractivity contribution in [3.8, 4) is 0 Å². The van der Waals surface area contributed by atoms with Crippen molar-refractivity contribution in [2.24, 2.45) is 5.92 Å². The second kappa shape index (κ2) is 4.41. The normalized spacial score (nSPS) is 24.2. The maximum absolute atomic E-state index is 11.4. The topological polar surface area (TPSA) is 74.6 Å². The van der Waals surface area contributed by atoms with E-state index in [1.807, 2.05) is 6.07 Å². The molecule has 1 aliphatic carbocycles. The van der Waals surface area contributed by atoms with E-state index in [4.69, 9.17) is 5.11 Å². The van der Waals surface area contributed by atoms with Crippen LogP contribution >= 0.6 is 0 Å². The van der Waals surface area contributed by atoms with Crippen molar-refractivity contribution in [3.63, 3.8) is 0 Å². The number of aliphatic hydroxyl groups excluding tert-OH is 1. The zero-order valence-corrected chi connectivity index (χ0v) is 9.04. The lowest BCUT2D eigenvalue weighted by Crippen LogP contribution is -2.29. The van der Waals surface area contributed by atoms with Gasteiger partial charge in [-0.15, -0.1) is 0 Å². The van der Waals surface area contributed by atoms with Gasteiger partial charge in [0.2, 0.25) is 0 Å². The minimum Gasteiger partial charge on any atom is -0.511 e. The molecule has 2 rings (SSSR count). The quantitative estimate of drug-likeness (QED) is 0.816. The Hall–Kier alpha value is -2.10. The van der Waals surface area contributed by atoms with Crippen LogP contribution in [0.1, 0.15) is 17.9 Å². The Bertz CT molecular complexity index is 475. The summed E-state index contributed by atoms with van der Waals surface area (Å²) in [6, 6.07) is 8.93. The average molecular weight is 232 g/mol. The first-order valence-electron chi connectivity index (χ1n) is 5.30. The number of rotatable bonds is 2. The molecule has 0 aromatic heterocycles. The van der Waals surface area contributed by atoms with Gasteiger partial charge < -0.3 is 10.2 Å². The van der Waals surface area contributed by atoms with Gasteiger partial charge in [0.05, 0.1) is 0 Å². The Labute approximate surface area is 98.2 Å². The summed E-state index contributed by atoms with van der Waals surface area (Å²) in [5, 5.41) is 18.7. The second-order valence-electron chi connectivity index (χ2n) is 4.07. The molecule has 1 aromatic rings. The largest absolute Gasteiger partial charge is 0.511 e. The molecule has 0 spiro atoms. The van der Waals surface area contributed by atoms with E-state index in [1.165, 1.54) is 0 Å². The summed E-state index contributed by atoms with van der Waals surface area (Å²) >= 11 is 0. The molecule has 0 saturated carbocycles. The van der Waals surface area contributed by atoms with E-state index in [0.717, 1.165) is 11.6 Å². The molecule has 0 bridgehead atoms. The number of carbonyl (C=O) groups excluding carboxylic acids is 1. The highest BCUT2D eigenvalue weighted by Gasteiger charge is 2.37. The van der Waals surface area contributed by atoms with Crippen molar-refractivity contribution >= 4 is 11.8 Å². The van der Waals surface area contributed by atoms with Gasteiger partial charge in [-0.05, 0) is 5.56 Å². The van der Waals surface area contributed by atoms with Crippen LogP contribution in [0.2, 0.25) is 0 Å². The molecule has 88 valence electrons. The molecule has 1 aromatic carbocycles. The fourth-order valence-electron chi connectivity index (χ4n) is 2.16. The third-order valence-electron chi connectivity index (χ3n) is 2.94. The third-order valence-corrected chi connectivity index (χ3v) is 2.94. The predicted octanol–water partition coefficient (Wildman–Crippen LogP) is 1.89. The number of hydrogen-bond donors (Lipinski definition) is 2. The molecule has 0 radical (unpaired) electrons. The molecular formula is C13H12O4. The van der Waals surface area contributed by atoms with Crippen LogP contribution in [0.3, 0.4) is 0 Å². The van der Waals surface area contributed by atoms with Crippen LogP contribution in [0, 0.1) is 5.92 Å². The lowest BCUT2D eigenvalue weighted by molar-refractivity contribution is -0.142. The summed E-state index contributed by atoms with van der Waals surface area (Å²) in [6.07, 6.45) is 1.13. The molecule has 0 saturated heterocycles. The van der Waals surface area contributed by atoms with E-state index in [9.17, 15) is 14.7 Å². The van der Waals surface area contributed by atoms with Crippen molar-refractivity contribution in [2.45, 2.75) is 12.3 Å². The van der Waals surface area contributed by atoms with Crippen LogP contribution in [0.4, 0.5) is 0 Å². The second-order valence-corrected chi connectivity index (χ2v) is 4.07. The highest BCUT2D eigenvalue weighted by Crippen LogP contribution is 2.36. The first-order valence-corrected chi connectivity index (χ1v) is 5.30. The number of carboxylic acid groups (broad SMARTS) is 1. The number of benzene rings is 1. The molecule has 0 amide bonds. The van der Waals surface area contributed by atoms with Gasteiger partial charge >= 0.3 is 5.97 Å². The predicted molar refractivity (Wildman–Crippen MR) is 60.6 cm³/mol. The van der Waals surface area contributed by atoms with Crippen molar-refractivity contribution < 1.29 is 19.8 Å². The minimum atomic E-state index is -1.11. The molecule has 0 aliphatic heterocycles. The van der Waals surface area contributed by atoms with Crippen LogP contribution in [0.5, 0.6) is 0 Å². The van der Waals surface area contributed by atoms with Crippen LogP contribution in [0.15, 0.2) is 42.2 Å². The van der Waals surface area contributed by atoms with Crippen molar-refractivity contribution in [1.82, 2.24) is 0 Å². The van der Waals surface area contributed by atoms with Gasteiger partial charge in [-0.3, -0.25) is 9.59 Å². The molecule has 0 heterocycles. The molecule has 2 atom stereocenters. The van der Waals surface area contributed by atoms with Gasteiger partial charge in [0.15, 0.2) is 5.78 Å². The van der Waals surface area contributed by atoms with Gasteiger partial charge in [-0.2, -0.15) is 0 Å². The maximum Gasteiger partial charge on any atom is 0.314 e. The first-order chi connectivity index (χ1) is 8.09. The number of allylic oxidation sites excluding steroid dienone is 1. The molecule has 17 heavy (non-hydrogen) atoms. The Kier molecular flexibility index (Phi) is 2.95. The van der Waals surface area contributed by atoms with Crippen LogP contribution in [-0.4, -0.2) is 22.0 Å². The summed E-state index contributed by atoms with van der Waals surface area (Å²) in [5.74, 6) is -3.24. The molecule has 0 fully saturated rings. The maximum atomic E-state index is 11.4. The summed E-state index contributed by atoms with van der Waals surface area (Å²) in [7, 11) is 0. The van der Waals surface area contributed by atoms with Crippen LogP contribution in [-0.2, 0) is 9.59 Å². The molecule has 1 aliphatic rings. The van der Waals surface area contributed by atoms with Crippen LogP contribution < -0.4 is 0 Å². The van der Waals surface area contributed by atoms with E-state index in [1.54, 1.807) is 24.3 Å². The summed E-state index contributed by atoms with van der Waals surface area (Å²) in [5.41, 5.74) is 0.757. The number of carboxylic acids is 1. The van der Waals surface area contributed by atoms with E-state index in [2.05, 4.69) is 0 Å². The van der Waals surface area contributed by atoms with Gasteiger partial charge in [0, 0.05) is 18.4 Å². The molecule has 2 N–H and O–H groups in total. The fraction of sp³-hybridized carbons (Fsp3) is 0.231. The van der Waals surface area contributed by atoms with Crippen molar-refractivity contribution in [2.75, 3.05) is 0 Å². The summed E-state index contributed by atoms with van der Waals surface area (Å²) in [6.45, 7) is 0. The SMILES string of the molecule is O=C1C=C(O)[C@@H](C(=O)O)[C@@H](c2ccccc2)C1. The van der Waals surface area contributed by atoms with Gasteiger partial charge in [0.25, 0.3) is 0 Å². The standard InChI is InChI=1S/C13H12O4/c14-9-6-10(8-4-2-1-3-5-8)12(13(16)17)11(15)7-9/h1-5,7,10,12,15H,6H2,(H,16,17)/t10-,12+/m1/s1. The average Bonchev–Trinajstić information content (AvgIpc) is 2.28. The molecule has 4 nitrogen and oxygen atoms in total. The monoisotopic (exact) mass is 232 g/mol. The number of hydrogen-bond acceptors (Lipinski definition) is 3. The molecule has 0 unspecified atom stereocenters. The third kappa shape index (κ3) is 2.20. The zero-order valence-electron chi connectivity index (χ0n) is 9.04. The lowest BCUT2D eigenvalue weighted by Gasteiger charge is -2.26. The van der Waals surface area contributed by atoms with Gasteiger partial charge in [-0.1, -0.05) is 30.3 Å². The Balaban J connectivity index is 2.42. The van der Waals surface area contributed by atoms with Gasteiger partial charge in [-0.25, -0.2) is 0 Å². The zero-order chi connectivity index (χ0) is 12.4. The van der Waals surface area contributed by atoms with Gasteiger partial charge in [0.1, 0.15) is 11.7 Å². The molecule has 4 heteroatoms. The first kappa shape index (κ1) is 11.4. The smallest absolute Gasteiger partial charge is 0.314 e. The van der Waals surface area contributed by atoms with Crippen molar-refractivity contribution in [1.29, 1.82) is 0 Å². The van der Waals surface area contributed by atoms with E-state index in [-0.39, 0.29) is 18.0 Å². The van der Waals surface area contributed by atoms with E-state index < -0.39 is 17.8 Å². The van der Waals surface area contributed by atoms with E-state index >= 15 is 0 Å². The van der Waals surface area contributed by atoms with Crippen LogP contribution in [0.25, 0.3) is 0 Å². The summed E-state index contributed by atoms with van der Waals surface area (Å²) < 4.78 is 0.